The van der Waals surface area contributed by atoms with Crippen LogP contribution in [0.1, 0.15) is 38.9 Å². The SMILES string of the molecule is CC(C)CCCCn1c(CCCl)nc2c(F)cccc21. The topological polar surface area (TPSA) is 17.8 Å². The van der Waals surface area contributed by atoms with Crippen molar-refractivity contribution in [2.24, 2.45) is 5.92 Å². The predicted octanol–water partition coefficient (Wildman–Crippen LogP) is 4.78. The summed E-state index contributed by atoms with van der Waals surface area (Å²) in [5.74, 6) is 1.88. The third-order valence-corrected chi connectivity index (χ3v) is 3.73. The number of halogens is 2. The van der Waals surface area contributed by atoms with E-state index in [1.807, 2.05) is 6.07 Å². The molecule has 0 saturated carbocycles. The molecule has 1 aromatic heterocycles. The molecule has 1 aromatic carbocycles. The van der Waals surface area contributed by atoms with Gasteiger partial charge >= 0.3 is 0 Å². The third-order valence-electron chi connectivity index (χ3n) is 3.54. The molecule has 0 bridgehead atoms. The first-order valence-corrected chi connectivity index (χ1v) is 7.86. The van der Waals surface area contributed by atoms with Crippen LogP contribution in [0, 0.1) is 11.7 Å². The molecule has 4 heteroatoms. The average molecular weight is 297 g/mol. The number of hydrogen-bond acceptors (Lipinski definition) is 1. The van der Waals surface area contributed by atoms with E-state index in [-0.39, 0.29) is 5.82 Å². The summed E-state index contributed by atoms with van der Waals surface area (Å²) in [7, 11) is 0. The normalized spacial score (nSPS) is 11.7. The van der Waals surface area contributed by atoms with Crippen molar-refractivity contribution >= 4 is 22.6 Å². The minimum atomic E-state index is -0.251. The van der Waals surface area contributed by atoms with Crippen molar-refractivity contribution in [2.45, 2.75) is 46.1 Å². The van der Waals surface area contributed by atoms with Crippen molar-refractivity contribution in [3.8, 4) is 0 Å². The summed E-state index contributed by atoms with van der Waals surface area (Å²) in [6.07, 6.45) is 4.19. The molecule has 0 saturated heterocycles. The van der Waals surface area contributed by atoms with Crippen LogP contribution >= 0.6 is 11.6 Å². The van der Waals surface area contributed by atoms with Crippen LogP contribution in [0.15, 0.2) is 18.2 Å². The first kappa shape index (κ1) is 15.3. The standard InChI is InChI=1S/C16H22ClFN2/c1-12(2)6-3-4-11-20-14-8-5-7-13(18)16(14)19-15(20)9-10-17/h5,7-8,12H,3-4,6,9-11H2,1-2H3. The highest BCUT2D eigenvalue weighted by Crippen LogP contribution is 2.21. The van der Waals surface area contributed by atoms with Gasteiger partial charge in [0.15, 0.2) is 5.82 Å². The lowest BCUT2D eigenvalue weighted by Gasteiger charge is -2.09. The summed E-state index contributed by atoms with van der Waals surface area (Å²) in [5.41, 5.74) is 1.35. The Balaban J connectivity index is 2.20. The van der Waals surface area contributed by atoms with E-state index in [0.717, 1.165) is 30.2 Å². The highest BCUT2D eigenvalue weighted by Gasteiger charge is 2.12. The molecular weight excluding hydrogens is 275 g/mol. The first-order valence-electron chi connectivity index (χ1n) is 7.33. The van der Waals surface area contributed by atoms with Gasteiger partial charge in [-0.1, -0.05) is 32.8 Å². The van der Waals surface area contributed by atoms with E-state index in [2.05, 4.69) is 23.4 Å². The number of para-hydroxylation sites is 1. The summed E-state index contributed by atoms with van der Waals surface area (Å²) >= 11 is 5.83. The van der Waals surface area contributed by atoms with Gasteiger partial charge in [0.05, 0.1) is 5.52 Å². The smallest absolute Gasteiger partial charge is 0.151 e. The maximum absolute atomic E-state index is 13.8. The summed E-state index contributed by atoms with van der Waals surface area (Å²) in [5, 5.41) is 0. The number of aromatic nitrogens is 2. The summed E-state index contributed by atoms with van der Waals surface area (Å²) < 4.78 is 15.9. The molecule has 2 aromatic rings. The Kier molecular flexibility index (Phi) is 5.41. The van der Waals surface area contributed by atoms with Gasteiger partial charge in [-0.25, -0.2) is 9.37 Å². The third kappa shape index (κ3) is 3.51. The molecule has 1 heterocycles. The second-order valence-corrected chi connectivity index (χ2v) is 5.99. The fourth-order valence-corrected chi connectivity index (χ4v) is 2.68. The molecule has 0 amide bonds. The van der Waals surface area contributed by atoms with Crippen LogP contribution in [0.25, 0.3) is 11.0 Å². The molecule has 0 spiro atoms. The highest BCUT2D eigenvalue weighted by molar-refractivity contribution is 6.17. The van der Waals surface area contributed by atoms with Gasteiger partial charge in [-0.2, -0.15) is 0 Å². The summed E-state index contributed by atoms with van der Waals surface area (Å²) in [6, 6.07) is 5.14. The van der Waals surface area contributed by atoms with Crippen molar-refractivity contribution < 1.29 is 4.39 Å². The lowest BCUT2D eigenvalue weighted by atomic mass is 10.1. The molecule has 0 unspecified atom stereocenters. The van der Waals surface area contributed by atoms with E-state index in [0.29, 0.717) is 17.8 Å². The number of fused-ring (bicyclic) bond motifs is 1. The number of unbranched alkanes of at least 4 members (excludes halogenated alkanes) is 1. The van der Waals surface area contributed by atoms with E-state index in [9.17, 15) is 4.39 Å². The van der Waals surface area contributed by atoms with Gasteiger partial charge < -0.3 is 4.57 Å². The molecule has 20 heavy (non-hydrogen) atoms. The first-order chi connectivity index (χ1) is 9.63. The van der Waals surface area contributed by atoms with Gasteiger partial charge in [-0.05, 0) is 24.5 Å². The highest BCUT2D eigenvalue weighted by atomic mass is 35.5. The largest absolute Gasteiger partial charge is 0.328 e. The van der Waals surface area contributed by atoms with E-state index in [1.54, 1.807) is 6.07 Å². The molecule has 0 aliphatic rings. The van der Waals surface area contributed by atoms with E-state index >= 15 is 0 Å². The zero-order chi connectivity index (χ0) is 14.5. The Morgan fingerprint density at radius 3 is 2.80 bits per heavy atom. The summed E-state index contributed by atoms with van der Waals surface area (Å²) in [6.45, 7) is 5.36. The van der Waals surface area contributed by atoms with Gasteiger partial charge in [-0.3, -0.25) is 0 Å². The van der Waals surface area contributed by atoms with Gasteiger partial charge in [0.2, 0.25) is 0 Å². The molecule has 0 radical (unpaired) electrons. The molecule has 0 N–H and O–H groups in total. The lowest BCUT2D eigenvalue weighted by molar-refractivity contribution is 0.508. The van der Waals surface area contributed by atoms with E-state index in [4.69, 9.17) is 11.6 Å². The van der Waals surface area contributed by atoms with Crippen LogP contribution in [0.5, 0.6) is 0 Å². The number of nitrogens with zero attached hydrogens (tertiary/aromatic N) is 2. The molecule has 2 rings (SSSR count). The zero-order valence-corrected chi connectivity index (χ0v) is 13.0. The molecule has 110 valence electrons. The maximum atomic E-state index is 13.8. The minimum Gasteiger partial charge on any atom is -0.328 e. The quantitative estimate of drug-likeness (QED) is 0.531. The van der Waals surface area contributed by atoms with Crippen LogP contribution in [0.3, 0.4) is 0 Å². The van der Waals surface area contributed by atoms with Gasteiger partial charge in [-0.15, -0.1) is 11.6 Å². The van der Waals surface area contributed by atoms with Gasteiger partial charge in [0, 0.05) is 18.8 Å². The monoisotopic (exact) mass is 296 g/mol. The average Bonchev–Trinajstić information content (AvgIpc) is 2.75. The Morgan fingerprint density at radius 2 is 2.10 bits per heavy atom. The second kappa shape index (κ2) is 7.07. The van der Waals surface area contributed by atoms with E-state index < -0.39 is 0 Å². The van der Waals surface area contributed by atoms with Gasteiger partial charge in [0.1, 0.15) is 11.3 Å². The number of rotatable bonds is 7. The van der Waals surface area contributed by atoms with Crippen LogP contribution in [0.4, 0.5) is 4.39 Å². The van der Waals surface area contributed by atoms with Crippen molar-refractivity contribution in [2.75, 3.05) is 5.88 Å². The Hall–Kier alpha value is -1.09. The van der Waals surface area contributed by atoms with Crippen molar-refractivity contribution in [1.29, 1.82) is 0 Å². The Morgan fingerprint density at radius 1 is 1.30 bits per heavy atom. The van der Waals surface area contributed by atoms with Crippen molar-refractivity contribution in [1.82, 2.24) is 9.55 Å². The molecule has 0 aliphatic heterocycles. The summed E-state index contributed by atoms with van der Waals surface area (Å²) in [4.78, 5) is 4.42. The number of aryl methyl sites for hydroxylation is 2. The minimum absolute atomic E-state index is 0.251. The fraction of sp³-hybridized carbons (Fsp3) is 0.562. The van der Waals surface area contributed by atoms with Crippen LogP contribution in [-0.4, -0.2) is 15.4 Å². The fourth-order valence-electron chi connectivity index (χ4n) is 2.51. The molecule has 0 fully saturated rings. The van der Waals surface area contributed by atoms with Crippen LogP contribution < -0.4 is 0 Å². The Bertz CT molecular complexity index is 563. The second-order valence-electron chi connectivity index (χ2n) is 5.62. The van der Waals surface area contributed by atoms with E-state index in [1.165, 1.54) is 18.9 Å². The maximum Gasteiger partial charge on any atom is 0.151 e. The van der Waals surface area contributed by atoms with Crippen molar-refractivity contribution in [3.05, 3.63) is 29.8 Å². The Labute approximate surface area is 125 Å². The van der Waals surface area contributed by atoms with Crippen molar-refractivity contribution in [3.63, 3.8) is 0 Å². The lowest BCUT2D eigenvalue weighted by Crippen LogP contribution is -2.05. The van der Waals surface area contributed by atoms with Gasteiger partial charge in [0.25, 0.3) is 0 Å². The number of alkyl halides is 1. The van der Waals surface area contributed by atoms with Crippen LogP contribution in [-0.2, 0) is 13.0 Å². The number of hydrogen-bond donors (Lipinski definition) is 0. The predicted molar refractivity (Wildman–Crippen MR) is 82.8 cm³/mol. The molecule has 2 nitrogen and oxygen atoms in total. The molecule has 0 aliphatic carbocycles. The molecular formula is C16H22ClFN2. The number of imidazole rings is 1. The molecule has 0 atom stereocenters. The zero-order valence-electron chi connectivity index (χ0n) is 12.2. The van der Waals surface area contributed by atoms with Crippen LogP contribution in [0.2, 0.25) is 0 Å². The number of benzene rings is 1.